The van der Waals surface area contributed by atoms with Crippen molar-refractivity contribution >= 4 is 35.8 Å². The maximum Gasteiger partial charge on any atom is 0.244 e. The Balaban J connectivity index is 0.00000529. The van der Waals surface area contributed by atoms with E-state index >= 15 is 0 Å². The molecule has 1 heterocycles. The molecule has 1 amide bonds. The van der Waals surface area contributed by atoms with Crippen molar-refractivity contribution in [3.8, 4) is 0 Å². The highest BCUT2D eigenvalue weighted by molar-refractivity contribution is 14.0. The van der Waals surface area contributed by atoms with Crippen molar-refractivity contribution in [2.75, 3.05) is 32.7 Å². The minimum Gasteiger partial charge on any atom is -0.357 e. The second kappa shape index (κ2) is 12.8. The highest BCUT2D eigenvalue weighted by Gasteiger charge is 2.19. The van der Waals surface area contributed by atoms with Crippen LogP contribution in [0.15, 0.2) is 4.99 Å². The molecule has 142 valence electrons. The molecule has 0 atom stereocenters. The first-order valence-corrected chi connectivity index (χ1v) is 9.28. The van der Waals surface area contributed by atoms with E-state index in [1.807, 2.05) is 11.8 Å². The number of rotatable bonds is 9. The highest BCUT2D eigenvalue weighted by Crippen LogP contribution is 2.22. The van der Waals surface area contributed by atoms with Crippen molar-refractivity contribution in [1.29, 1.82) is 0 Å². The lowest BCUT2D eigenvalue weighted by Gasteiger charge is -2.26. The van der Waals surface area contributed by atoms with E-state index in [0.717, 1.165) is 45.0 Å². The van der Waals surface area contributed by atoms with Crippen LogP contribution >= 0.6 is 24.0 Å². The van der Waals surface area contributed by atoms with Gasteiger partial charge < -0.3 is 15.5 Å². The Hall–Kier alpha value is -0.530. The number of hydrogen-bond acceptors (Lipinski definition) is 2. The fraction of sp³-hybridized carbons (Fsp3) is 0.889. The van der Waals surface area contributed by atoms with Gasteiger partial charge in [-0.2, -0.15) is 0 Å². The predicted molar refractivity (Wildman–Crippen MR) is 113 cm³/mol. The van der Waals surface area contributed by atoms with E-state index in [9.17, 15) is 4.79 Å². The van der Waals surface area contributed by atoms with Crippen LogP contribution in [0.25, 0.3) is 0 Å². The molecule has 0 aliphatic carbocycles. The number of likely N-dealkylation sites (tertiary alicyclic amines) is 1. The molecule has 1 fully saturated rings. The summed E-state index contributed by atoms with van der Waals surface area (Å²) in [5, 5.41) is 6.64. The number of aliphatic imine (C=N–C) groups is 1. The number of amides is 1. The Morgan fingerprint density at radius 2 is 1.79 bits per heavy atom. The molecular formula is C18H37IN4O. The summed E-state index contributed by atoms with van der Waals surface area (Å²) < 4.78 is 0. The summed E-state index contributed by atoms with van der Waals surface area (Å²) in [6.07, 6.45) is 7.28. The minimum atomic E-state index is 0. The molecule has 1 saturated heterocycles. The molecule has 0 aromatic carbocycles. The summed E-state index contributed by atoms with van der Waals surface area (Å²) in [5.74, 6) is 0.894. The van der Waals surface area contributed by atoms with Gasteiger partial charge in [-0.1, -0.05) is 40.0 Å². The maximum absolute atomic E-state index is 12.1. The number of nitrogens with zero attached hydrogens (tertiary/aromatic N) is 2. The number of carbonyl (C=O) groups is 1. The van der Waals surface area contributed by atoms with Crippen LogP contribution in [0.2, 0.25) is 0 Å². The molecule has 1 aliphatic rings. The Labute approximate surface area is 165 Å². The van der Waals surface area contributed by atoms with Crippen LogP contribution < -0.4 is 10.6 Å². The van der Waals surface area contributed by atoms with Crippen LogP contribution in [0.4, 0.5) is 0 Å². The molecule has 1 rings (SSSR count). The van der Waals surface area contributed by atoms with Crippen LogP contribution in [-0.2, 0) is 4.79 Å². The molecular weight excluding hydrogens is 415 g/mol. The van der Waals surface area contributed by atoms with Crippen molar-refractivity contribution in [1.82, 2.24) is 15.5 Å². The van der Waals surface area contributed by atoms with Crippen LogP contribution in [0.5, 0.6) is 0 Å². The van der Waals surface area contributed by atoms with Crippen LogP contribution in [-0.4, -0.2) is 49.5 Å². The van der Waals surface area contributed by atoms with Gasteiger partial charge in [0.05, 0.1) is 0 Å². The summed E-state index contributed by atoms with van der Waals surface area (Å²) in [4.78, 5) is 18.5. The normalized spacial score (nSPS) is 15.2. The fourth-order valence-corrected chi connectivity index (χ4v) is 2.82. The van der Waals surface area contributed by atoms with Gasteiger partial charge in [-0.25, -0.2) is 4.99 Å². The minimum absolute atomic E-state index is 0. The summed E-state index contributed by atoms with van der Waals surface area (Å²) in [7, 11) is 0. The van der Waals surface area contributed by atoms with E-state index in [4.69, 9.17) is 0 Å². The molecule has 5 nitrogen and oxygen atoms in total. The summed E-state index contributed by atoms with van der Waals surface area (Å²) in [6.45, 7) is 12.6. The largest absolute Gasteiger partial charge is 0.357 e. The number of halogens is 1. The third-order valence-electron chi connectivity index (χ3n) is 4.37. The van der Waals surface area contributed by atoms with Crippen molar-refractivity contribution in [3.63, 3.8) is 0 Å². The van der Waals surface area contributed by atoms with Gasteiger partial charge in [0.2, 0.25) is 5.91 Å². The fourth-order valence-electron chi connectivity index (χ4n) is 2.82. The second-order valence-electron chi connectivity index (χ2n) is 7.26. The zero-order valence-electron chi connectivity index (χ0n) is 16.0. The molecule has 0 aromatic rings. The lowest BCUT2D eigenvalue weighted by Crippen LogP contribution is -2.42. The van der Waals surface area contributed by atoms with Crippen LogP contribution in [0.3, 0.4) is 0 Å². The average molecular weight is 452 g/mol. The molecule has 0 aromatic heterocycles. The number of nitrogens with one attached hydrogen (secondary N) is 2. The lowest BCUT2D eigenvalue weighted by molar-refractivity contribution is -0.128. The van der Waals surface area contributed by atoms with Crippen molar-refractivity contribution in [2.24, 2.45) is 10.4 Å². The van der Waals surface area contributed by atoms with Gasteiger partial charge in [-0.3, -0.25) is 4.79 Å². The molecule has 0 unspecified atom stereocenters. The first-order valence-electron chi connectivity index (χ1n) is 9.28. The molecule has 0 saturated carbocycles. The smallest absolute Gasteiger partial charge is 0.244 e. The van der Waals surface area contributed by atoms with Crippen LogP contribution in [0, 0.1) is 5.41 Å². The van der Waals surface area contributed by atoms with Crippen molar-refractivity contribution < 1.29 is 4.79 Å². The molecule has 1 aliphatic heterocycles. The van der Waals surface area contributed by atoms with Gasteiger partial charge >= 0.3 is 0 Å². The van der Waals surface area contributed by atoms with Gasteiger partial charge in [-0.05, 0) is 31.6 Å². The summed E-state index contributed by atoms with van der Waals surface area (Å²) in [6, 6.07) is 0. The van der Waals surface area contributed by atoms with E-state index < -0.39 is 0 Å². The van der Waals surface area contributed by atoms with Crippen molar-refractivity contribution in [2.45, 2.75) is 66.2 Å². The zero-order chi connectivity index (χ0) is 17.1. The monoisotopic (exact) mass is 452 g/mol. The highest BCUT2D eigenvalue weighted by atomic mass is 127. The molecule has 0 bridgehead atoms. The maximum atomic E-state index is 12.1. The Kier molecular flexibility index (Phi) is 12.5. The van der Waals surface area contributed by atoms with E-state index in [1.165, 1.54) is 25.7 Å². The van der Waals surface area contributed by atoms with Crippen LogP contribution in [0.1, 0.15) is 66.2 Å². The molecule has 6 heteroatoms. The van der Waals surface area contributed by atoms with Crippen molar-refractivity contribution in [3.05, 3.63) is 0 Å². The van der Waals surface area contributed by atoms with Gasteiger partial charge in [-0.15, -0.1) is 24.0 Å². The zero-order valence-corrected chi connectivity index (χ0v) is 18.3. The van der Waals surface area contributed by atoms with E-state index in [2.05, 4.69) is 36.4 Å². The standard InChI is InChI=1S/C18H36N4O.HI/c1-5-7-8-11-18(3,4)15-21-17(19-6-2)20-14-16(23)22-12-9-10-13-22;/h5-15H2,1-4H3,(H2,19,20,21);1H. The first kappa shape index (κ1) is 23.5. The molecule has 24 heavy (non-hydrogen) atoms. The topological polar surface area (TPSA) is 56.7 Å². The van der Waals surface area contributed by atoms with E-state index in [1.54, 1.807) is 0 Å². The van der Waals surface area contributed by atoms with E-state index in [-0.39, 0.29) is 41.8 Å². The third-order valence-corrected chi connectivity index (χ3v) is 4.37. The predicted octanol–water partition coefficient (Wildman–Crippen LogP) is 3.39. The SMILES string of the molecule is CCCCCC(C)(C)CNC(=NCC(=O)N1CCCC1)NCC.I. The first-order chi connectivity index (χ1) is 11.0. The third kappa shape index (κ3) is 9.69. The number of guanidine groups is 1. The average Bonchev–Trinajstić information content (AvgIpc) is 3.04. The van der Waals surface area contributed by atoms with E-state index in [0.29, 0.717) is 0 Å². The molecule has 0 spiro atoms. The molecule has 0 radical (unpaired) electrons. The second-order valence-corrected chi connectivity index (χ2v) is 7.26. The lowest BCUT2D eigenvalue weighted by atomic mass is 9.87. The Morgan fingerprint density at radius 3 is 2.38 bits per heavy atom. The van der Waals surface area contributed by atoms with Gasteiger partial charge in [0, 0.05) is 26.2 Å². The summed E-state index contributed by atoms with van der Waals surface area (Å²) >= 11 is 0. The summed E-state index contributed by atoms with van der Waals surface area (Å²) in [5.41, 5.74) is 0.240. The number of unbranched alkanes of at least 4 members (excludes halogenated alkanes) is 2. The van der Waals surface area contributed by atoms with Gasteiger partial charge in [0.1, 0.15) is 6.54 Å². The molecule has 2 N–H and O–H groups in total. The van der Waals surface area contributed by atoms with Gasteiger partial charge in [0.15, 0.2) is 5.96 Å². The quantitative estimate of drug-likeness (QED) is 0.244. The number of carbonyl (C=O) groups excluding carboxylic acids is 1. The number of hydrogen-bond donors (Lipinski definition) is 2. The van der Waals surface area contributed by atoms with Gasteiger partial charge in [0.25, 0.3) is 0 Å². The Bertz CT molecular complexity index is 379. The Morgan fingerprint density at radius 1 is 1.12 bits per heavy atom.